The number of hydrogen-bond acceptors (Lipinski definition) is 7. The largest absolute Gasteiger partial charge is 0.324 e. The van der Waals surface area contributed by atoms with Gasteiger partial charge in [-0.05, 0) is 24.3 Å². The van der Waals surface area contributed by atoms with Gasteiger partial charge < -0.3 is 11.1 Å². The summed E-state index contributed by atoms with van der Waals surface area (Å²) in [5.74, 6) is -1.03. The van der Waals surface area contributed by atoms with E-state index in [2.05, 4.69) is 5.32 Å². The number of nitrogens with two attached hydrogens (primary N) is 1. The first-order valence-electron chi connectivity index (χ1n) is 6.90. The maximum atomic E-state index is 12.2. The molecule has 0 aromatic heterocycles. The Balaban J connectivity index is 2.27. The molecule has 0 bridgehead atoms. The summed E-state index contributed by atoms with van der Waals surface area (Å²) in [4.78, 5) is 43.7. The highest BCUT2D eigenvalue weighted by molar-refractivity contribution is 6.05. The van der Waals surface area contributed by atoms with Crippen LogP contribution in [0.2, 0.25) is 0 Å². The van der Waals surface area contributed by atoms with Crippen molar-refractivity contribution in [1.82, 2.24) is 0 Å². The number of non-ortho nitro benzene ring substituents is 2. The predicted molar refractivity (Wildman–Crippen MR) is 87.5 cm³/mol. The Kier molecular flexibility index (Phi) is 5.15. The minimum Gasteiger partial charge on any atom is -0.324 e. The molecule has 0 fully saturated rings. The summed E-state index contributed by atoms with van der Waals surface area (Å²) in [6, 6.07) is 8.47. The lowest BCUT2D eigenvalue weighted by atomic mass is 10.1. The first-order chi connectivity index (χ1) is 11.8. The molecule has 2 aromatic rings. The van der Waals surface area contributed by atoms with Crippen molar-refractivity contribution in [1.29, 1.82) is 0 Å². The van der Waals surface area contributed by atoms with E-state index in [1.54, 1.807) is 0 Å². The quantitative estimate of drug-likeness (QED) is 0.460. The van der Waals surface area contributed by atoms with Crippen molar-refractivity contribution in [3.05, 3.63) is 73.8 Å². The third-order valence-electron chi connectivity index (χ3n) is 3.24. The van der Waals surface area contributed by atoms with Gasteiger partial charge in [-0.2, -0.15) is 0 Å². The molecule has 10 nitrogen and oxygen atoms in total. The molecule has 0 aliphatic rings. The van der Waals surface area contributed by atoms with Crippen LogP contribution in [0.4, 0.5) is 17.1 Å². The number of rotatable bonds is 6. The van der Waals surface area contributed by atoms with Crippen LogP contribution in [-0.2, 0) is 0 Å². The van der Waals surface area contributed by atoms with Crippen LogP contribution in [-0.4, -0.2) is 28.1 Å². The molecule has 10 heteroatoms. The Hall–Kier alpha value is -3.66. The lowest BCUT2D eigenvalue weighted by Gasteiger charge is -2.06. The van der Waals surface area contributed by atoms with Crippen LogP contribution < -0.4 is 11.1 Å². The molecule has 25 heavy (non-hydrogen) atoms. The van der Waals surface area contributed by atoms with Crippen molar-refractivity contribution in [3.8, 4) is 0 Å². The third kappa shape index (κ3) is 4.20. The van der Waals surface area contributed by atoms with Crippen LogP contribution in [0.3, 0.4) is 0 Å². The summed E-state index contributed by atoms with van der Waals surface area (Å²) >= 11 is 0. The monoisotopic (exact) mass is 344 g/mol. The summed E-state index contributed by atoms with van der Waals surface area (Å²) in [5.41, 5.74) is 4.56. The van der Waals surface area contributed by atoms with E-state index in [9.17, 15) is 29.8 Å². The second kappa shape index (κ2) is 7.27. The van der Waals surface area contributed by atoms with E-state index in [1.165, 1.54) is 24.3 Å². The molecule has 0 saturated carbocycles. The second-order valence-electron chi connectivity index (χ2n) is 4.91. The van der Waals surface area contributed by atoms with Crippen molar-refractivity contribution in [2.45, 2.75) is 0 Å². The van der Waals surface area contributed by atoms with Gasteiger partial charge in [0.05, 0.1) is 28.0 Å². The van der Waals surface area contributed by atoms with Gasteiger partial charge in [0.2, 0.25) is 0 Å². The Bertz CT molecular complexity index is 831. The van der Waals surface area contributed by atoms with Gasteiger partial charge in [-0.25, -0.2) is 0 Å². The van der Waals surface area contributed by atoms with Crippen molar-refractivity contribution < 1.29 is 19.4 Å². The number of nitro benzene ring substituents is 2. The first-order valence-corrected chi connectivity index (χ1v) is 6.90. The van der Waals surface area contributed by atoms with Gasteiger partial charge in [0.25, 0.3) is 17.3 Å². The molecule has 2 aromatic carbocycles. The molecule has 0 radical (unpaired) electrons. The number of nitrogens with one attached hydrogen (secondary N) is 1. The van der Waals surface area contributed by atoms with Crippen LogP contribution in [0.15, 0.2) is 42.5 Å². The molecular weight excluding hydrogens is 332 g/mol. The molecule has 0 atom stereocenters. The summed E-state index contributed by atoms with van der Waals surface area (Å²) in [7, 11) is 0. The van der Waals surface area contributed by atoms with E-state index in [1.807, 2.05) is 0 Å². The molecule has 128 valence electrons. The fraction of sp³-hybridized carbons (Fsp3) is 0.0667. The fourth-order valence-corrected chi connectivity index (χ4v) is 2.00. The normalized spacial score (nSPS) is 10.1. The van der Waals surface area contributed by atoms with Gasteiger partial charge in [0.1, 0.15) is 0 Å². The maximum absolute atomic E-state index is 12.2. The summed E-state index contributed by atoms with van der Waals surface area (Å²) in [6.07, 6.45) is 0. The zero-order valence-electron chi connectivity index (χ0n) is 12.7. The molecule has 0 spiro atoms. The zero-order chi connectivity index (χ0) is 18.6. The van der Waals surface area contributed by atoms with Gasteiger partial charge in [0, 0.05) is 23.4 Å². The smallest absolute Gasteiger partial charge is 0.277 e. The van der Waals surface area contributed by atoms with Crippen LogP contribution in [0.25, 0.3) is 0 Å². The van der Waals surface area contributed by atoms with E-state index >= 15 is 0 Å². The van der Waals surface area contributed by atoms with Crippen LogP contribution in [0.5, 0.6) is 0 Å². The third-order valence-corrected chi connectivity index (χ3v) is 3.24. The number of anilines is 1. The fourth-order valence-electron chi connectivity index (χ4n) is 2.00. The van der Waals surface area contributed by atoms with Gasteiger partial charge in [0.15, 0.2) is 5.78 Å². The molecule has 0 unspecified atom stereocenters. The number of Topliss-reactive ketones (excluding diaryl/α,β-unsaturated/α-hetero) is 1. The molecule has 3 N–H and O–H groups in total. The number of hydrogen-bond donors (Lipinski definition) is 2. The Morgan fingerprint density at radius 1 is 0.920 bits per heavy atom. The van der Waals surface area contributed by atoms with Crippen molar-refractivity contribution in [2.75, 3.05) is 11.9 Å². The average molecular weight is 344 g/mol. The van der Waals surface area contributed by atoms with Crippen LogP contribution in [0.1, 0.15) is 20.7 Å². The zero-order valence-corrected chi connectivity index (χ0v) is 12.7. The molecule has 0 aliphatic heterocycles. The topological polar surface area (TPSA) is 158 Å². The highest BCUT2D eigenvalue weighted by Gasteiger charge is 2.20. The Morgan fingerprint density at radius 2 is 1.44 bits per heavy atom. The molecule has 0 aliphatic carbocycles. The minimum absolute atomic E-state index is 0.150. The number of carbonyl (C=O) groups excluding carboxylic acids is 2. The lowest BCUT2D eigenvalue weighted by Crippen LogP contribution is -2.14. The van der Waals surface area contributed by atoms with Gasteiger partial charge in [-0.15, -0.1) is 0 Å². The number of nitrogens with zero attached hydrogens (tertiary/aromatic N) is 2. The number of amides is 1. The number of carbonyl (C=O) groups is 2. The lowest BCUT2D eigenvalue weighted by molar-refractivity contribution is -0.394. The summed E-state index contributed by atoms with van der Waals surface area (Å²) in [5, 5.41) is 24.1. The number of nitro groups is 2. The Labute approximate surface area is 140 Å². The highest BCUT2D eigenvalue weighted by atomic mass is 16.6. The van der Waals surface area contributed by atoms with Crippen LogP contribution in [0, 0.1) is 20.2 Å². The highest BCUT2D eigenvalue weighted by Crippen LogP contribution is 2.23. The number of benzene rings is 2. The van der Waals surface area contributed by atoms with E-state index < -0.39 is 27.1 Å². The SMILES string of the molecule is NCC(=O)c1ccc(NC(=O)c2cc([N+](=O)[O-])cc([N+](=O)[O-])c2)cc1. The second-order valence-corrected chi connectivity index (χ2v) is 4.91. The Morgan fingerprint density at radius 3 is 1.88 bits per heavy atom. The van der Waals surface area contributed by atoms with Crippen molar-refractivity contribution in [3.63, 3.8) is 0 Å². The van der Waals surface area contributed by atoms with E-state index in [-0.39, 0.29) is 17.9 Å². The van der Waals surface area contributed by atoms with Gasteiger partial charge >= 0.3 is 0 Å². The van der Waals surface area contributed by atoms with Crippen LogP contribution >= 0.6 is 0 Å². The molecule has 2 rings (SSSR count). The van der Waals surface area contributed by atoms with Gasteiger partial charge in [-0.1, -0.05) is 0 Å². The summed E-state index contributed by atoms with van der Waals surface area (Å²) in [6.45, 7) is -0.150. The van der Waals surface area contributed by atoms with Crippen molar-refractivity contribution in [2.24, 2.45) is 5.73 Å². The molecular formula is C15H12N4O6. The maximum Gasteiger partial charge on any atom is 0.277 e. The van der Waals surface area contributed by atoms with Gasteiger partial charge in [-0.3, -0.25) is 29.8 Å². The summed E-state index contributed by atoms with van der Waals surface area (Å²) < 4.78 is 0. The van der Waals surface area contributed by atoms with E-state index in [4.69, 9.17) is 5.73 Å². The number of ketones is 1. The van der Waals surface area contributed by atoms with E-state index in [0.29, 0.717) is 11.3 Å². The molecule has 0 saturated heterocycles. The minimum atomic E-state index is -0.822. The van der Waals surface area contributed by atoms with E-state index in [0.717, 1.165) is 18.2 Å². The molecule has 1 amide bonds. The average Bonchev–Trinajstić information content (AvgIpc) is 2.61. The predicted octanol–water partition coefficient (Wildman–Crippen LogP) is 1.90. The van der Waals surface area contributed by atoms with Crippen molar-refractivity contribution >= 4 is 28.8 Å². The standard InChI is InChI=1S/C15H12N4O6/c16-8-14(20)9-1-3-11(4-2-9)17-15(21)10-5-12(18(22)23)7-13(6-10)19(24)25/h1-7H,8,16H2,(H,17,21). The molecule has 0 heterocycles. The first kappa shape index (κ1) is 17.7.